The average Bonchev–Trinajstić information content (AvgIpc) is 2.12. The molecule has 1 N–H and O–H groups in total. The Morgan fingerprint density at radius 2 is 2.13 bits per heavy atom. The summed E-state index contributed by atoms with van der Waals surface area (Å²) >= 11 is 0. The van der Waals surface area contributed by atoms with Gasteiger partial charge in [0.2, 0.25) is 0 Å². The molecule has 0 saturated carbocycles. The van der Waals surface area contributed by atoms with Gasteiger partial charge in [0.05, 0.1) is 17.8 Å². The van der Waals surface area contributed by atoms with Gasteiger partial charge in [0.1, 0.15) is 0 Å². The van der Waals surface area contributed by atoms with E-state index in [1.54, 1.807) is 0 Å². The number of rotatable bonds is 3. The summed E-state index contributed by atoms with van der Waals surface area (Å²) in [6, 6.07) is 0.223. The van der Waals surface area contributed by atoms with Gasteiger partial charge in [0, 0.05) is 19.1 Å². The zero-order chi connectivity index (χ0) is 11.6. The first-order valence-electron chi connectivity index (χ1n) is 5.95. The molecule has 1 fully saturated rings. The Morgan fingerprint density at radius 3 is 2.60 bits per heavy atom. The summed E-state index contributed by atoms with van der Waals surface area (Å²) in [5.74, 6) is 0. The topological polar surface area (TPSA) is 32.7 Å². The van der Waals surface area contributed by atoms with Gasteiger partial charge in [-0.2, -0.15) is 0 Å². The average molecular weight is 215 g/mol. The Bertz CT molecular complexity index is 206. The van der Waals surface area contributed by atoms with E-state index >= 15 is 0 Å². The summed E-state index contributed by atoms with van der Waals surface area (Å²) in [7, 11) is 0. The van der Waals surface area contributed by atoms with Gasteiger partial charge in [-0.25, -0.2) is 0 Å². The van der Waals surface area contributed by atoms with Crippen LogP contribution in [0.25, 0.3) is 0 Å². The van der Waals surface area contributed by atoms with E-state index in [9.17, 15) is 5.11 Å². The van der Waals surface area contributed by atoms with Gasteiger partial charge < -0.3 is 9.84 Å². The highest BCUT2D eigenvalue weighted by Gasteiger charge is 2.34. The minimum absolute atomic E-state index is 0.0978. The molecule has 1 aliphatic heterocycles. The van der Waals surface area contributed by atoms with Gasteiger partial charge in [-0.3, -0.25) is 4.90 Å². The maximum Gasteiger partial charge on any atom is 0.0757 e. The molecule has 3 heteroatoms. The van der Waals surface area contributed by atoms with Crippen LogP contribution in [0, 0.1) is 0 Å². The molecule has 0 radical (unpaired) electrons. The standard InChI is InChI=1S/C12H25NO2/c1-6-11(14)10(3)13-7-9(2)15-12(4,5)8-13/h9-11,14H,6-8H2,1-5H3. The predicted molar refractivity (Wildman–Crippen MR) is 62.0 cm³/mol. The van der Waals surface area contributed by atoms with Crippen molar-refractivity contribution in [1.29, 1.82) is 0 Å². The zero-order valence-electron chi connectivity index (χ0n) is 10.7. The van der Waals surface area contributed by atoms with Crippen LogP contribution >= 0.6 is 0 Å². The monoisotopic (exact) mass is 215 g/mol. The van der Waals surface area contributed by atoms with Crippen LogP contribution in [0.3, 0.4) is 0 Å². The van der Waals surface area contributed by atoms with E-state index < -0.39 is 0 Å². The molecule has 0 amide bonds. The van der Waals surface area contributed by atoms with Crippen molar-refractivity contribution in [3.05, 3.63) is 0 Å². The van der Waals surface area contributed by atoms with Crippen molar-refractivity contribution in [3.63, 3.8) is 0 Å². The first-order chi connectivity index (χ1) is 6.85. The molecule has 0 aromatic heterocycles. The number of nitrogens with zero attached hydrogens (tertiary/aromatic N) is 1. The molecule has 15 heavy (non-hydrogen) atoms. The van der Waals surface area contributed by atoms with Crippen molar-refractivity contribution < 1.29 is 9.84 Å². The molecule has 3 unspecified atom stereocenters. The van der Waals surface area contributed by atoms with Crippen molar-refractivity contribution in [2.75, 3.05) is 13.1 Å². The molecular formula is C12H25NO2. The SMILES string of the molecule is CCC(O)C(C)N1CC(C)OC(C)(C)C1. The largest absolute Gasteiger partial charge is 0.392 e. The third-order valence-corrected chi connectivity index (χ3v) is 3.15. The Balaban J connectivity index is 2.61. The summed E-state index contributed by atoms with van der Waals surface area (Å²) in [6.45, 7) is 12.3. The van der Waals surface area contributed by atoms with Crippen LogP contribution in [0.15, 0.2) is 0 Å². The Kier molecular flexibility index (Phi) is 4.15. The minimum Gasteiger partial charge on any atom is -0.392 e. The highest BCUT2D eigenvalue weighted by Crippen LogP contribution is 2.23. The highest BCUT2D eigenvalue weighted by atomic mass is 16.5. The first-order valence-corrected chi connectivity index (χ1v) is 5.95. The second kappa shape index (κ2) is 4.81. The van der Waals surface area contributed by atoms with Crippen LogP contribution in [-0.2, 0) is 4.74 Å². The van der Waals surface area contributed by atoms with Crippen LogP contribution in [0.2, 0.25) is 0 Å². The summed E-state index contributed by atoms with van der Waals surface area (Å²) in [5, 5.41) is 9.85. The molecule has 1 aliphatic rings. The Hall–Kier alpha value is -0.120. The molecule has 0 aromatic carbocycles. The van der Waals surface area contributed by atoms with Gasteiger partial charge in [0.25, 0.3) is 0 Å². The van der Waals surface area contributed by atoms with Crippen LogP contribution < -0.4 is 0 Å². The molecule has 0 spiro atoms. The quantitative estimate of drug-likeness (QED) is 0.777. The van der Waals surface area contributed by atoms with E-state index in [1.807, 2.05) is 6.92 Å². The van der Waals surface area contributed by atoms with E-state index in [2.05, 4.69) is 32.6 Å². The number of aliphatic hydroxyl groups is 1. The summed E-state index contributed by atoms with van der Waals surface area (Å²) in [4.78, 5) is 2.34. The molecule has 3 atom stereocenters. The van der Waals surface area contributed by atoms with E-state index in [0.29, 0.717) is 0 Å². The molecule has 0 aromatic rings. The van der Waals surface area contributed by atoms with Crippen LogP contribution in [-0.4, -0.2) is 46.9 Å². The molecule has 1 rings (SSSR count). The van der Waals surface area contributed by atoms with Crippen molar-refractivity contribution in [1.82, 2.24) is 4.90 Å². The second-order valence-corrected chi connectivity index (χ2v) is 5.33. The van der Waals surface area contributed by atoms with E-state index in [4.69, 9.17) is 4.74 Å². The number of aliphatic hydroxyl groups excluding tert-OH is 1. The number of hydrogen-bond donors (Lipinski definition) is 1. The van der Waals surface area contributed by atoms with Gasteiger partial charge in [-0.05, 0) is 34.1 Å². The lowest BCUT2D eigenvalue weighted by atomic mass is 10.0. The molecule has 0 bridgehead atoms. The fourth-order valence-electron chi connectivity index (χ4n) is 2.40. The third-order valence-electron chi connectivity index (χ3n) is 3.15. The molecule has 0 aliphatic carbocycles. The predicted octanol–water partition coefficient (Wildman–Crippen LogP) is 1.65. The Labute approximate surface area is 93.4 Å². The summed E-state index contributed by atoms with van der Waals surface area (Å²) in [6.07, 6.45) is 0.833. The lowest BCUT2D eigenvalue weighted by Crippen LogP contribution is -2.56. The van der Waals surface area contributed by atoms with Crippen molar-refractivity contribution in [3.8, 4) is 0 Å². The van der Waals surface area contributed by atoms with Crippen molar-refractivity contribution in [2.24, 2.45) is 0 Å². The van der Waals surface area contributed by atoms with Crippen molar-refractivity contribution in [2.45, 2.75) is 64.9 Å². The van der Waals surface area contributed by atoms with Crippen LogP contribution in [0.5, 0.6) is 0 Å². The molecule has 3 nitrogen and oxygen atoms in total. The highest BCUT2D eigenvalue weighted by molar-refractivity contribution is 4.87. The summed E-state index contributed by atoms with van der Waals surface area (Å²) in [5.41, 5.74) is -0.0978. The Morgan fingerprint density at radius 1 is 1.53 bits per heavy atom. The lowest BCUT2D eigenvalue weighted by Gasteiger charge is -2.45. The fourth-order valence-corrected chi connectivity index (χ4v) is 2.40. The van der Waals surface area contributed by atoms with E-state index in [1.165, 1.54) is 0 Å². The third kappa shape index (κ3) is 3.44. The number of hydrogen-bond acceptors (Lipinski definition) is 3. The van der Waals surface area contributed by atoms with Gasteiger partial charge in [-0.1, -0.05) is 6.92 Å². The first kappa shape index (κ1) is 12.9. The van der Waals surface area contributed by atoms with Gasteiger partial charge in [-0.15, -0.1) is 0 Å². The molecular weight excluding hydrogens is 190 g/mol. The summed E-state index contributed by atoms with van der Waals surface area (Å²) < 4.78 is 5.84. The zero-order valence-corrected chi connectivity index (χ0v) is 10.7. The maximum atomic E-state index is 9.85. The van der Waals surface area contributed by atoms with Crippen LogP contribution in [0.1, 0.15) is 41.0 Å². The smallest absolute Gasteiger partial charge is 0.0757 e. The van der Waals surface area contributed by atoms with Gasteiger partial charge in [0.15, 0.2) is 0 Å². The number of ether oxygens (including phenoxy) is 1. The molecule has 1 heterocycles. The van der Waals surface area contributed by atoms with Crippen molar-refractivity contribution >= 4 is 0 Å². The van der Waals surface area contributed by atoms with E-state index in [0.717, 1.165) is 19.5 Å². The minimum atomic E-state index is -0.230. The van der Waals surface area contributed by atoms with Crippen LogP contribution in [0.4, 0.5) is 0 Å². The number of morpholine rings is 1. The van der Waals surface area contributed by atoms with E-state index in [-0.39, 0.29) is 23.9 Å². The lowest BCUT2D eigenvalue weighted by molar-refractivity contribution is -0.145. The fraction of sp³-hybridized carbons (Fsp3) is 1.00. The molecule has 90 valence electrons. The second-order valence-electron chi connectivity index (χ2n) is 5.33. The molecule has 1 saturated heterocycles. The normalized spacial score (nSPS) is 31.2. The van der Waals surface area contributed by atoms with Gasteiger partial charge >= 0.3 is 0 Å². The maximum absolute atomic E-state index is 9.85.